The van der Waals surface area contributed by atoms with Gasteiger partial charge in [0.15, 0.2) is 5.82 Å². The van der Waals surface area contributed by atoms with Crippen LogP contribution in [0.15, 0.2) is 21.0 Å². The molecule has 96 valence electrons. The van der Waals surface area contributed by atoms with Crippen molar-refractivity contribution in [3.05, 3.63) is 34.1 Å². The van der Waals surface area contributed by atoms with Crippen molar-refractivity contribution in [1.82, 2.24) is 10.2 Å². The number of halogens is 4. The highest BCUT2D eigenvalue weighted by Crippen LogP contribution is 2.30. The van der Waals surface area contributed by atoms with E-state index in [-0.39, 0.29) is 22.1 Å². The lowest BCUT2D eigenvalue weighted by molar-refractivity contribution is 0.508. The summed E-state index contributed by atoms with van der Waals surface area (Å²) in [5, 5.41) is 9.42. The van der Waals surface area contributed by atoms with Crippen LogP contribution in [0.3, 0.4) is 0 Å². The average molecular weight is 339 g/mol. The third-order valence-electron chi connectivity index (χ3n) is 2.02. The lowest BCUT2D eigenvalue weighted by atomic mass is 10.3. The van der Waals surface area contributed by atoms with Crippen LogP contribution in [0.25, 0.3) is 0 Å². The highest BCUT2D eigenvalue weighted by Gasteiger charge is 2.15. The van der Waals surface area contributed by atoms with E-state index >= 15 is 0 Å². The predicted octanol–water partition coefficient (Wildman–Crippen LogP) is 4.15. The standard InChI is InChI=1S/C10H7BrClF2N3O/c1-4(12)9-16-17-10(18-9)15-8-6(11)2-5(13)3-7(8)14/h2-4H,1H3,(H,15,17). The van der Waals surface area contributed by atoms with E-state index < -0.39 is 17.0 Å². The van der Waals surface area contributed by atoms with Crippen molar-refractivity contribution >= 4 is 39.2 Å². The number of alkyl halides is 1. The second kappa shape index (κ2) is 5.19. The Morgan fingerprint density at radius 2 is 2.11 bits per heavy atom. The maximum absolute atomic E-state index is 13.5. The van der Waals surface area contributed by atoms with Crippen molar-refractivity contribution in [1.29, 1.82) is 0 Å². The lowest BCUT2D eigenvalue weighted by Gasteiger charge is -2.05. The number of hydrogen-bond donors (Lipinski definition) is 1. The Labute approximate surface area is 114 Å². The smallest absolute Gasteiger partial charge is 0.320 e. The molecule has 0 aliphatic carbocycles. The summed E-state index contributed by atoms with van der Waals surface area (Å²) in [4.78, 5) is 0. The van der Waals surface area contributed by atoms with Crippen molar-refractivity contribution in [2.75, 3.05) is 5.32 Å². The summed E-state index contributed by atoms with van der Waals surface area (Å²) in [7, 11) is 0. The normalized spacial score (nSPS) is 12.5. The fourth-order valence-corrected chi connectivity index (χ4v) is 1.81. The number of hydrogen-bond acceptors (Lipinski definition) is 4. The van der Waals surface area contributed by atoms with Crippen LogP contribution in [0.2, 0.25) is 0 Å². The highest BCUT2D eigenvalue weighted by atomic mass is 79.9. The zero-order valence-electron chi connectivity index (χ0n) is 9.05. The molecule has 0 saturated heterocycles. The maximum atomic E-state index is 13.5. The van der Waals surface area contributed by atoms with Gasteiger partial charge in [0.05, 0.1) is 5.69 Å². The van der Waals surface area contributed by atoms with Gasteiger partial charge in [-0.15, -0.1) is 16.7 Å². The Morgan fingerprint density at radius 1 is 1.39 bits per heavy atom. The van der Waals surface area contributed by atoms with Crippen LogP contribution in [0.1, 0.15) is 18.2 Å². The quantitative estimate of drug-likeness (QED) is 0.854. The van der Waals surface area contributed by atoms with E-state index in [0.717, 1.165) is 12.1 Å². The summed E-state index contributed by atoms with van der Waals surface area (Å²) >= 11 is 8.78. The summed E-state index contributed by atoms with van der Waals surface area (Å²) in [5.74, 6) is -1.26. The highest BCUT2D eigenvalue weighted by molar-refractivity contribution is 9.10. The summed E-state index contributed by atoms with van der Waals surface area (Å²) in [6.45, 7) is 1.66. The zero-order chi connectivity index (χ0) is 13.3. The van der Waals surface area contributed by atoms with E-state index in [9.17, 15) is 8.78 Å². The van der Waals surface area contributed by atoms with Gasteiger partial charge in [0, 0.05) is 10.5 Å². The van der Waals surface area contributed by atoms with Gasteiger partial charge >= 0.3 is 6.01 Å². The van der Waals surface area contributed by atoms with E-state index in [1.54, 1.807) is 6.92 Å². The summed E-state index contributed by atoms with van der Waals surface area (Å²) in [6, 6.07) is 1.84. The second-order valence-electron chi connectivity index (χ2n) is 3.43. The molecular weight excluding hydrogens is 331 g/mol. The number of nitrogens with one attached hydrogen (secondary N) is 1. The van der Waals surface area contributed by atoms with Crippen molar-refractivity contribution in [2.24, 2.45) is 0 Å². The molecule has 2 rings (SSSR count). The topological polar surface area (TPSA) is 51.0 Å². The molecule has 4 nitrogen and oxygen atoms in total. The molecular formula is C10H7BrClF2N3O. The second-order valence-corrected chi connectivity index (χ2v) is 4.94. The first kappa shape index (κ1) is 13.2. The minimum atomic E-state index is -0.777. The Morgan fingerprint density at radius 3 is 2.67 bits per heavy atom. The molecule has 0 fully saturated rings. The molecule has 8 heteroatoms. The molecule has 0 aliphatic rings. The molecule has 0 bridgehead atoms. The van der Waals surface area contributed by atoms with Crippen LogP contribution in [0.5, 0.6) is 0 Å². The summed E-state index contributed by atoms with van der Waals surface area (Å²) < 4.78 is 31.8. The molecule has 1 heterocycles. The van der Waals surface area contributed by atoms with Gasteiger partial charge in [-0.05, 0) is 28.9 Å². The first-order valence-electron chi connectivity index (χ1n) is 4.86. The fraction of sp³-hybridized carbons (Fsp3) is 0.200. The third-order valence-corrected chi connectivity index (χ3v) is 2.83. The van der Waals surface area contributed by atoms with E-state index in [0.29, 0.717) is 0 Å². The fourth-order valence-electron chi connectivity index (χ4n) is 1.21. The molecule has 1 aromatic carbocycles. The number of rotatable bonds is 3. The van der Waals surface area contributed by atoms with E-state index in [2.05, 4.69) is 31.4 Å². The van der Waals surface area contributed by atoms with Crippen LogP contribution < -0.4 is 5.32 Å². The van der Waals surface area contributed by atoms with Gasteiger partial charge in [0.25, 0.3) is 0 Å². The van der Waals surface area contributed by atoms with E-state index in [1.807, 2.05) is 0 Å². The van der Waals surface area contributed by atoms with Gasteiger partial charge in [0.1, 0.15) is 11.2 Å². The average Bonchev–Trinajstić information content (AvgIpc) is 2.71. The minimum Gasteiger partial charge on any atom is -0.406 e. The van der Waals surface area contributed by atoms with Crippen LogP contribution in [-0.2, 0) is 0 Å². The molecule has 2 aromatic rings. The number of anilines is 2. The molecule has 18 heavy (non-hydrogen) atoms. The largest absolute Gasteiger partial charge is 0.406 e. The number of nitrogens with zero attached hydrogens (tertiary/aromatic N) is 2. The molecule has 0 aliphatic heterocycles. The Hall–Kier alpha value is -1.21. The maximum Gasteiger partial charge on any atom is 0.320 e. The van der Waals surface area contributed by atoms with Crippen LogP contribution in [-0.4, -0.2) is 10.2 Å². The van der Waals surface area contributed by atoms with Crippen molar-refractivity contribution < 1.29 is 13.2 Å². The molecule has 0 spiro atoms. The van der Waals surface area contributed by atoms with Gasteiger partial charge in [-0.25, -0.2) is 8.78 Å². The first-order valence-corrected chi connectivity index (χ1v) is 6.09. The molecule has 1 N–H and O–H groups in total. The van der Waals surface area contributed by atoms with Crippen LogP contribution in [0.4, 0.5) is 20.5 Å². The third kappa shape index (κ3) is 2.78. The van der Waals surface area contributed by atoms with Crippen molar-refractivity contribution in [3.8, 4) is 0 Å². The molecule has 0 saturated carbocycles. The first-order chi connectivity index (χ1) is 8.47. The molecule has 0 amide bonds. The van der Waals surface area contributed by atoms with Gasteiger partial charge in [-0.3, -0.25) is 0 Å². The van der Waals surface area contributed by atoms with Crippen molar-refractivity contribution in [2.45, 2.75) is 12.3 Å². The SMILES string of the molecule is CC(Cl)c1nnc(Nc2c(F)cc(F)cc2Br)o1. The summed E-state index contributed by atoms with van der Waals surface area (Å²) in [6.07, 6.45) is 0. The minimum absolute atomic E-state index is 0.00817. The van der Waals surface area contributed by atoms with Gasteiger partial charge in [-0.1, -0.05) is 5.10 Å². The van der Waals surface area contributed by atoms with Gasteiger partial charge in [0.2, 0.25) is 5.89 Å². The van der Waals surface area contributed by atoms with Gasteiger partial charge in [-0.2, -0.15) is 0 Å². The predicted molar refractivity (Wildman–Crippen MR) is 65.9 cm³/mol. The monoisotopic (exact) mass is 337 g/mol. The van der Waals surface area contributed by atoms with E-state index in [1.165, 1.54) is 0 Å². The molecule has 1 unspecified atom stereocenters. The van der Waals surface area contributed by atoms with E-state index in [4.69, 9.17) is 16.0 Å². The Bertz CT molecular complexity index is 553. The number of benzene rings is 1. The molecule has 1 atom stereocenters. The zero-order valence-corrected chi connectivity index (χ0v) is 11.4. The van der Waals surface area contributed by atoms with Crippen LogP contribution in [0, 0.1) is 11.6 Å². The van der Waals surface area contributed by atoms with Gasteiger partial charge < -0.3 is 9.73 Å². The van der Waals surface area contributed by atoms with Crippen LogP contribution >= 0.6 is 27.5 Å². The number of aromatic nitrogens is 2. The Balaban J connectivity index is 2.28. The Kier molecular flexibility index (Phi) is 3.82. The lowest BCUT2D eigenvalue weighted by Crippen LogP contribution is -1.96. The van der Waals surface area contributed by atoms with Crippen molar-refractivity contribution in [3.63, 3.8) is 0 Å². The molecule has 0 radical (unpaired) electrons. The molecule has 1 aromatic heterocycles. The summed E-state index contributed by atoms with van der Waals surface area (Å²) in [5.41, 5.74) is 0.00817.